The van der Waals surface area contributed by atoms with Gasteiger partial charge in [0.1, 0.15) is 0 Å². The van der Waals surface area contributed by atoms with Crippen LogP contribution in [0.1, 0.15) is 18.5 Å². The Bertz CT molecular complexity index is 441. The smallest absolute Gasteiger partial charge is 0.258 e. The molecule has 0 spiro atoms. The molecule has 0 radical (unpaired) electrons. The lowest BCUT2D eigenvalue weighted by Crippen LogP contribution is -1.96. The number of isocyanates is 1. The van der Waals surface area contributed by atoms with E-state index in [4.69, 9.17) is 0 Å². The van der Waals surface area contributed by atoms with Gasteiger partial charge in [0.05, 0.1) is 11.0 Å². The largest absolute Gasteiger partial charge is 0.304 e. The van der Waals surface area contributed by atoms with Gasteiger partial charge in [0, 0.05) is 6.07 Å². The Labute approximate surface area is 84.4 Å². The summed E-state index contributed by atoms with van der Waals surface area (Å²) in [5.74, 6) is -0.939. The van der Waals surface area contributed by atoms with Gasteiger partial charge in [-0.2, -0.15) is 9.38 Å². The van der Waals surface area contributed by atoms with Gasteiger partial charge in [-0.3, -0.25) is 10.1 Å². The Morgan fingerprint density at radius 1 is 1.60 bits per heavy atom. The summed E-state index contributed by atoms with van der Waals surface area (Å²) in [7, 11) is 0. The van der Waals surface area contributed by atoms with Crippen molar-refractivity contribution >= 4 is 11.8 Å². The Morgan fingerprint density at radius 2 is 2.27 bits per heavy atom. The summed E-state index contributed by atoms with van der Waals surface area (Å²) in [4.78, 5) is 22.8. The third-order valence-electron chi connectivity index (χ3n) is 1.90. The fraction of sp³-hybridized carbons (Fsp3) is 0.222. The minimum absolute atomic E-state index is 0.390. The Balaban J connectivity index is 3.11. The maximum atomic E-state index is 13.1. The zero-order valence-corrected chi connectivity index (χ0v) is 7.81. The minimum atomic E-state index is -0.939. The van der Waals surface area contributed by atoms with Crippen LogP contribution in [-0.2, 0) is 4.79 Å². The summed E-state index contributed by atoms with van der Waals surface area (Å²) in [5, 5.41) is 10.3. The normalized spacial score (nSPS) is 11.6. The van der Waals surface area contributed by atoms with E-state index < -0.39 is 22.5 Å². The van der Waals surface area contributed by atoms with Crippen molar-refractivity contribution < 1.29 is 14.1 Å². The minimum Gasteiger partial charge on any atom is -0.258 e. The van der Waals surface area contributed by atoms with Crippen LogP contribution < -0.4 is 0 Å². The van der Waals surface area contributed by atoms with Crippen molar-refractivity contribution in [3.8, 4) is 0 Å². The molecule has 1 unspecified atom stereocenters. The summed E-state index contributed by atoms with van der Waals surface area (Å²) < 4.78 is 13.1. The molecule has 0 saturated heterocycles. The molecule has 15 heavy (non-hydrogen) atoms. The van der Waals surface area contributed by atoms with Crippen LogP contribution in [0, 0.1) is 15.9 Å². The molecule has 6 heteroatoms. The fourth-order valence-electron chi connectivity index (χ4n) is 1.08. The predicted molar refractivity (Wildman–Crippen MR) is 49.6 cm³/mol. The number of rotatable bonds is 3. The number of hydrogen-bond donors (Lipinski definition) is 0. The van der Waals surface area contributed by atoms with Crippen LogP contribution >= 0.6 is 0 Å². The van der Waals surface area contributed by atoms with Crippen LogP contribution in [0.25, 0.3) is 0 Å². The van der Waals surface area contributed by atoms with E-state index in [1.54, 1.807) is 6.92 Å². The molecule has 0 bridgehead atoms. The monoisotopic (exact) mass is 210 g/mol. The summed E-state index contributed by atoms with van der Waals surface area (Å²) >= 11 is 0. The lowest BCUT2D eigenvalue weighted by molar-refractivity contribution is -0.387. The number of aliphatic imine (C=N–C) groups is 1. The molecule has 0 aliphatic heterocycles. The first-order valence-corrected chi connectivity index (χ1v) is 4.07. The van der Waals surface area contributed by atoms with Crippen molar-refractivity contribution in [3.05, 3.63) is 39.7 Å². The molecule has 1 aromatic rings. The van der Waals surface area contributed by atoms with E-state index in [1.165, 1.54) is 12.1 Å². The summed E-state index contributed by atoms with van der Waals surface area (Å²) in [6, 6.07) is 2.83. The van der Waals surface area contributed by atoms with E-state index >= 15 is 0 Å². The van der Waals surface area contributed by atoms with Gasteiger partial charge in [-0.15, -0.1) is 0 Å². The van der Waals surface area contributed by atoms with Gasteiger partial charge < -0.3 is 0 Å². The van der Waals surface area contributed by atoms with Gasteiger partial charge in [-0.1, -0.05) is 0 Å². The summed E-state index contributed by atoms with van der Waals surface area (Å²) in [5.41, 5.74) is -0.206. The first-order valence-electron chi connectivity index (χ1n) is 4.07. The van der Waals surface area contributed by atoms with Crippen LogP contribution in [0.15, 0.2) is 23.2 Å². The molecule has 1 aromatic carbocycles. The SMILES string of the molecule is CC(N=C=O)c1ccc([N+](=O)[O-])c(F)c1. The first-order chi connectivity index (χ1) is 7.06. The van der Waals surface area contributed by atoms with Crippen LogP contribution in [0.4, 0.5) is 10.1 Å². The van der Waals surface area contributed by atoms with E-state index in [-0.39, 0.29) is 0 Å². The Kier molecular flexibility index (Phi) is 3.25. The van der Waals surface area contributed by atoms with Gasteiger partial charge in [0.15, 0.2) is 0 Å². The number of nitrogens with zero attached hydrogens (tertiary/aromatic N) is 2. The third-order valence-corrected chi connectivity index (χ3v) is 1.90. The zero-order valence-electron chi connectivity index (χ0n) is 7.81. The van der Waals surface area contributed by atoms with E-state index in [1.807, 2.05) is 0 Å². The predicted octanol–water partition coefficient (Wildman–Crippen LogP) is 2.13. The molecule has 1 rings (SSSR count). The van der Waals surface area contributed by atoms with E-state index in [0.717, 1.165) is 12.1 Å². The lowest BCUT2D eigenvalue weighted by Gasteiger charge is -2.03. The molecular weight excluding hydrogens is 203 g/mol. The third kappa shape index (κ3) is 2.45. The molecule has 0 heterocycles. The van der Waals surface area contributed by atoms with Gasteiger partial charge >= 0.3 is 5.69 Å². The van der Waals surface area contributed by atoms with Crippen molar-refractivity contribution in [2.75, 3.05) is 0 Å². The molecule has 0 amide bonds. The van der Waals surface area contributed by atoms with Gasteiger partial charge in [0.25, 0.3) is 0 Å². The molecule has 1 atom stereocenters. The Morgan fingerprint density at radius 3 is 2.73 bits per heavy atom. The maximum absolute atomic E-state index is 13.1. The standard InChI is InChI=1S/C9H7FN2O3/c1-6(11-5-13)7-2-3-9(12(14)15)8(10)4-7/h2-4,6H,1H3. The highest BCUT2D eigenvalue weighted by molar-refractivity contribution is 5.39. The van der Waals surface area contributed by atoms with Crippen molar-refractivity contribution in [2.45, 2.75) is 13.0 Å². The number of nitro benzene ring substituents is 1. The quantitative estimate of drug-likeness (QED) is 0.332. The van der Waals surface area contributed by atoms with E-state index in [9.17, 15) is 19.3 Å². The molecule has 0 fully saturated rings. The molecule has 0 aliphatic carbocycles. The summed E-state index contributed by atoms with van der Waals surface area (Å²) in [6.07, 6.45) is 1.34. The maximum Gasteiger partial charge on any atom is 0.304 e. The average Bonchev–Trinajstić information content (AvgIpc) is 2.17. The number of halogens is 1. The highest BCUT2D eigenvalue weighted by Crippen LogP contribution is 2.23. The molecule has 5 nitrogen and oxygen atoms in total. The molecule has 78 valence electrons. The molecule has 0 saturated carbocycles. The second-order valence-corrected chi connectivity index (χ2v) is 2.86. The lowest BCUT2D eigenvalue weighted by atomic mass is 10.1. The van der Waals surface area contributed by atoms with Crippen LogP contribution in [0.3, 0.4) is 0 Å². The van der Waals surface area contributed by atoms with E-state index in [0.29, 0.717) is 5.56 Å². The Hall–Kier alpha value is -2.07. The first kappa shape index (κ1) is 11.0. The van der Waals surface area contributed by atoms with Crippen molar-refractivity contribution in [1.29, 1.82) is 0 Å². The second kappa shape index (κ2) is 4.43. The van der Waals surface area contributed by atoms with Crippen molar-refractivity contribution in [2.24, 2.45) is 4.99 Å². The fourth-order valence-corrected chi connectivity index (χ4v) is 1.08. The molecule has 0 N–H and O–H groups in total. The van der Waals surface area contributed by atoms with Gasteiger partial charge in [-0.25, -0.2) is 4.79 Å². The topological polar surface area (TPSA) is 72.6 Å². The molecule has 0 aliphatic rings. The van der Waals surface area contributed by atoms with E-state index in [2.05, 4.69) is 4.99 Å². The molecule has 0 aromatic heterocycles. The van der Waals surface area contributed by atoms with Crippen molar-refractivity contribution in [1.82, 2.24) is 0 Å². The number of nitro groups is 1. The number of hydrogen-bond acceptors (Lipinski definition) is 4. The van der Waals surface area contributed by atoms with Crippen molar-refractivity contribution in [3.63, 3.8) is 0 Å². The summed E-state index contributed by atoms with van der Waals surface area (Å²) in [6.45, 7) is 1.56. The number of carbonyl (C=O) groups excluding carboxylic acids is 1. The van der Waals surface area contributed by atoms with Crippen LogP contribution in [0.5, 0.6) is 0 Å². The molecular formula is C9H7FN2O3. The van der Waals surface area contributed by atoms with Gasteiger partial charge in [0.2, 0.25) is 11.9 Å². The second-order valence-electron chi connectivity index (χ2n) is 2.86. The highest BCUT2D eigenvalue weighted by Gasteiger charge is 2.15. The van der Waals surface area contributed by atoms with Crippen LogP contribution in [-0.4, -0.2) is 11.0 Å². The van der Waals surface area contributed by atoms with Gasteiger partial charge in [-0.05, 0) is 24.6 Å². The number of benzene rings is 1. The highest BCUT2D eigenvalue weighted by atomic mass is 19.1. The average molecular weight is 210 g/mol. The zero-order chi connectivity index (χ0) is 11.4. The van der Waals surface area contributed by atoms with Crippen LogP contribution in [0.2, 0.25) is 0 Å².